The maximum atomic E-state index is 2.31. The molecule has 0 atom stereocenters. The zero-order valence-corrected chi connectivity index (χ0v) is 27.0. The Morgan fingerprint density at radius 1 is 0.277 bits per heavy atom. The van der Waals surface area contributed by atoms with Crippen molar-refractivity contribution in [2.45, 2.75) is 0 Å². The SMILES string of the molecule is C(=Cc1ccc(P(c2ccc(C=Cc3ccccc3)cc2)c2ccc(C=Cc3cccc4ccccc34)cc2)cc1)c1ccccc1. The molecule has 0 heterocycles. The Bertz CT molecular complexity index is 2040. The zero-order chi connectivity index (χ0) is 31.7. The number of hydrogen-bond acceptors (Lipinski definition) is 0. The summed E-state index contributed by atoms with van der Waals surface area (Å²) in [5, 5.41) is 6.55. The quantitative estimate of drug-likeness (QED) is 0.112. The van der Waals surface area contributed by atoms with Crippen molar-refractivity contribution in [3.63, 3.8) is 0 Å². The molecule has 0 unspecified atom stereocenters. The third kappa shape index (κ3) is 7.64. The van der Waals surface area contributed by atoms with E-state index in [9.17, 15) is 0 Å². The van der Waals surface area contributed by atoms with Gasteiger partial charge in [-0.1, -0.05) is 212 Å². The molecule has 0 aromatic heterocycles. The second-order valence-electron chi connectivity index (χ2n) is 11.5. The van der Waals surface area contributed by atoms with Crippen molar-refractivity contribution in [3.8, 4) is 0 Å². The van der Waals surface area contributed by atoms with Crippen LogP contribution in [0.5, 0.6) is 0 Å². The molecule has 224 valence electrons. The maximum absolute atomic E-state index is 2.31. The molecule has 0 aliphatic carbocycles. The van der Waals surface area contributed by atoms with E-state index in [-0.39, 0.29) is 0 Å². The van der Waals surface area contributed by atoms with Gasteiger partial charge in [-0.05, 0) is 68.0 Å². The fraction of sp³-hybridized carbons (Fsp3) is 0. The first-order chi connectivity index (χ1) is 23.3. The highest BCUT2D eigenvalue weighted by atomic mass is 31.1. The highest BCUT2D eigenvalue weighted by Crippen LogP contribution is 2.33. The summed E-state index contributed by atoms with van der Waals surface area (Å²) in [6, 6.07) is 63.2. The lowest BCUT2D eigenvalue weighted by molar-refractivity contribution is 1.65. The van der Waals surface area contributed by atoms with Gasteiger partial charge in [-0.3, -0.25) is 0 Å². The van der Waals surface area contributed by atoms with Crippen LogP contribution in [0.3, 0.4) is 0 Å². The highest BCUT2D eigenvalue weighted by Gasteiger charge is 2.16. The largest absolute Gasteiger partial charge is 0.0622 e. The van der Waals surface area contributed by atoms with Gasteiger partial charge in [0.1, 0.15) is 0 Å². The molecular weight excluding hydrogens is 583 g/mol. The number of hydrogen-bond donors (Lipinski definition) is 0. The topological polar surface area (TPSA) is 0 Å². The van der Waals surface area contributed by atoms with Gasteiger partial charge in [-0.25, -0.2) is 0 Å². The monoisotopic (exact) mass is 618 g/mol. The second-order valence-corrected chi connectivity index (χ2v) is 13.7. The first-order valence-corrected chi connectivity index (χ1v) is 17.4. The molecule has 7 rings (SSSR count). The molecule has 47 heavy (non-hydrogen) atoms. The van der Waals surface area contributed by atoms with Crippen LogP contribution in [-0.2, 0) is 0 Å². The van der Waals surface area contributed by atoms with Crippen LogP contribution in [0.25, 0.3) is 47.2 Å². The normalized spacial score (nSPS) is 12.3. The lowest BCUT2D eigenvalue weighted by Crippen LogP contribution is -2.20. The third-order valence-corrected chi connectivity index (χ3v) is 10.7. The van der Waals surface area contributed by atoms with Crippen LogP contribution in [0.2, 0.25) is 0 Å². The van der Waals surface area contributed by atoms with Crippen molar-refractivity contribution >= 4 is 71.1 Å². The Labute approximate surface area is 279 Å². The van der Waals surface area contributed by atoms with Crippen LogP contribution in [0.15, 0.2) is 176 Å². The summed E-state index contributed by atoms with van der Waals surface area (Å²) >= 11 is 0. The molecule has 0 aliphatic rings. The third-order valence-electron chi connectivity index (χ3n) is 8.27. The fourth-order valence-electron chi connectivity index (χ4n) is 5.75. The summed E-state index contributed by atoms with van der Waals surface area (Å²) in [5.74, 6) is 0. The minimum absolute atomic E-state index is 0.738. The van der Waals surface area contributed by atoms with Crippen molar-refractivity contribution in [3.05, 3.63) is 209 Å². The van der Waals surface area contributed by atoms with E-state index in [1.807, 2.05) is 0 Å². The average Bonchev–Trinajstić information content (AvgIpc) is 3.15. The number of benzene rings is 7. The molecule has 0 bridgehead atoms. The van der Waals surface area contributed by atoms with Crippen LogP contribution < -0.4 is 15.9 Å². The summed E-state index contributed by atoms with van der Waals surface area (Å²) in [6.07, 6.45) is 13.2. The lowest BCUT2D eigenvalue weighted by atomic mass is 10.0. The van der Waals surface area contributed by atoms with E-state index in [1.165, 1.54) is 60.1 Å². The van der Waals surface area contributed by atoms with E-state index in [0.29, 0.717) is 0 Å². The summed E-state index contributed by atoms with van der Waals surface area (Å²) in [4.78, 5) is 0. The van der Waals surface area contributed by atoms with Gasteiger partial charge in [0, 0.05) is 0 Å². The molecule has 0 saturated carbocycles. The van der Waals surface area contributed by atoms with Crippen LogP contribution in [0.1, 0.15) is 33.4 Å². The van der Waals surface area contributed by atoms with E-state index in [1.54, 1.807) is 0 Å². The van der Waals surface area contributed by atoms with Crippen molar-refractivity contribution in [2.75, 3.05) is 0 Å². The molecule has 0 amide bonds. The minimum atomic E-state index is -0.738. The van der Waals surface area contributed by atoms with Gasteiger partial charge in [-0.2, -0.15) is 0 Å². The molecule has 0 saturated heterocycles. The van der Waals surface area contributed by atoms with Gasteiger partial charge in [-0.15, -0.1) is 0 Å². The highest BCUT2D eigenvalue weighted by molar-refractivity contribution is 7.79. The van der Waals surface area contributed by atoms with Crippen LogP contribution in [-0.4, -0.2) is 0 Å². The molecule has 1 heteroatoms. The smallest absolute Gasteiger partial charge is 0.0111 e. The average molecular weight is 619 g/mol. The second kappa shape index (κ2) is 14.7. The molecule has 7 aromatic rings. The Morgan fingerprint density at radius 2 is 0.638 bits per heavy atom. The Hall–Kier alpha value is -5.55. The van der Waals surface area contributed by atoms with Crippen molar-refractivity contribution in [1.82, 2.24) is 0 Å². The van der Waals surface area contributed by atoms with Gasteiger partial charge in [0.25, 0.3) is 0 Å². The minimum Gasteiger partial charge on any atom is -0.0622 e. The molecule has 0 radical (unpaired) electrons. The van der Waals surface area contributed by atoms with Crippen LogP contribution in [0.4, 0.5) is 0 Å². The van der Waals surface area contributed by atoms with E-state index < -0.39 is 7.92 Å². The van der Waals surface area contributed by atoms with Crippen LogP contribution in [0, 0.1) is 0 Å². The summed E-state index contributed by atoms with van der Waals surface area (Å²) in [6.45, 7) is 0. The van der Waals surface area contributed by atoms with Crippen molar-refractivity contribution in [2.24, 2.45) is 0 Å². The van der Waals surface area contributed by atoms with Gasteiger partial charge < -0.3 is 0 Å². The summed E-state index contributed by atoms with van der Waals surface area (Å²) in [7, 11) is -0.738. The van der Waals surface area contributed by atoms with Crippen LogP contribution >= 0.6 is 7.92 Å². The van der Waals surface area contributed by atoms with E-state index >= 15 is 0 Å². The van der Waals surface area contributed by atoms with Crippen molar-refractivity contribution in [1.29, 1.82) is 0 Å². The summed E-state index contributed by atoms with van der Waals surface area (Å²) < 4.78 is 0. The Kier molecular flexibility index (Phi) is 9.42. The standard InChI is InChI=1S/C46H35P/c1-3-10-36(11-4-1)18-20-38-23-30-43(31-24-38)47(44-32-25-39(26-33-44)21-19-37-12-5-2-6-13-37)45-34-27-40(28-35-45)22-29-42-16-9-15-41-14-7-8-17-46(41)42/h1-35H. The Balaban J connectivity index is 1.17. The Morgan fingerprint density at radius 3 is 1.11 bits per heavy atom. The first kappa shape index (κ1) is 30.1. The molecule has 0 fully saturated rings. The zero-order valence-electron chi connectivity index (χ0n) is 26.2. The molecule has 0 N–H and O–H groups in total. The molecule has 0 spiro atoms. The van der Waals surface area contributed by atoms with E-state index in [0.717, 1.165) is 0 Å². The molecular formula is C46H35P. The van der Waals surface area contributed by atoms with Gasteiger partial charge in [0.05, 0.1) is 0 Å². The number of fused-ring (bicyclic) bond motifs is 1. The predicted octanol–water partition coefficient (Wildman–Crippen LogP) is 11.1. The van der Waals surface area contributed by atoms with Gasteiger partial charge in [0.15, 0.2) is 0 Å². The molecule has 7 aromatic carbocycles. The van der Waals surface area contributed by atoms with E-state index in [2.05, 4.69) is 212 Å². The van der Waals surface area contributed by atoms with Crippen molar-refractivity contribution < 1.29 is 0 Å². The number of rotatable bonds is 9. The van der Waals surface area contributed by atoms with E-state index in [4.69, 9.17) is 0 Å². The first-order valence-electron chi connectivity index (χ1n) is 16.0. The maximum Gasteiger partial charge on any atom is -0.0111 e. The van der Waals surface area contributed by atoms with Gasteiger partial charge >= 0.3 is 0 Å². The molecule has 0 nitrogen and oxygen atoms in total. The predicted molar refractivity (Wildman–Crippen MR) is 209 cm³/mol. The summed E-state index contributed by atoms with van der Waals surface area (Å²) in [5.41, 5.74) is 7.23. The lowest BCUT2D eigenvalue weighted by Gasteiger charge is -2.20. The fourth-order valence-corrected chi connectivity index (χ4v) is 7.98. The van der Waals surface area contributed by atoms with Gasteiger partial charge in [0.2, 0.25) is 0 Å². The molecule has 0 aliphatic heterocycles.